The van der Waals surface area contributed by atoms with Crippen LogP contribution >= 0.6 is 0 Å². The molecule has 13 heavy (non-hydrogen) atoms. The lowest BCUT2D eigenvalue weighted by Crippen LogP contribution is -2.44. The maximum Gasteiger partial charge on any atom is 0.249 e. The molecule has 0 fully saturated rings. The lowest BCUT2D eigenvalue weighted by atomic mass is 10.1. The van der Waals surface area contributed by atoms with Gasteiger partial charge in [0.1, 0.15) is 6.04 Å². The molecule has 74 valence electrons. The van der Waals surface area contributed by atoms with Crippen LogP contribution in [0.3, 0.4) is 0 Å². The molecule has 0 saturated heterocycles. The standard InChI is InChI=1S/C8H14N2O3/c1-3-4-7(10(2)6-12)8(13)9-5-11/h5-7H,3-4H2,1-2H3,(H,9,11,13). The molecule has 0 spiro atoms. The molecule has 0 aliphatic carbocycles. The minimum atomic E-state index is -0.548. The normalized spacial score (nSPS) is 11.5. The highest BCUT2D eigenvalue weighted by Gasteiger charge is 2.20. The molecule has 1 unspecified atom stereocenters. The largest absolute Gasteiger partial charge is 0.336 e. The number of rotatable bonds is 6. The van der Waals surface area contributed by atoms with E-state index in [2.05, 4.69) is 0 Å². The monoisotopic (exact) mass is 186 g/mol. The Morgan fingerprint density at radius 2 is 2.15 bits per heavy atom. The van der Waals surface area contributed by atoms with Crippen LogP contribution in [0.15, 0.2) is 0 Å². The van der Waals surface area contributed by atoms with Gasteiger partial charge in [-0.2, -0.15) is 0 Å². The van der Waals surface area contributed by atoms with Crippen molar-refractivity contribution in [1.29, 1.82) is 0 Å². The van der Waals surface area contributed by atoms with Crippen LogP contribution in [0.4, 0.5) is 0 Å². The van der Waals surface area contributed by atoms with Crippen molar-refractivity contribution in [1.82, 2.24) is 10.2 Å². The van der Waals surface area contributed by atoms with Gasteiger partial charge in [-0.1, -0.05) is 13.3 Å². The molecule has 0 aromatic carbocycles. The maximum atomic E-state index is 11.2. The fourth-order valence-electron chi connectivity index (χ4n) is 1.02. The summed E-state index contributed by atoms with van der Waals surface area (Å²) in [7, 11) is 1.51. The van der Waals surface area contributed by atoms with Crippen LogP contribution in [0.2, 0.25) is 0 Å². The van der Waals surface area contributed by atoms with Gasteiger partial charge in [0, 0.05) is 7.05 Å². The van der Waals surface area contributed by atoms with Crippen LogP contribution in [0.25, 0.3) is 0 Å². The Morgan fingerprint density at radius 3 is 2.54 bits per heavy atom. The van der Waals surface area contributed by atoms with E-state index in [0.29, 0.717) is 19.2 Å². The highest BCUT2D eigenvalue weighted by molar-refractivity contribution is 5.90. The summed E-state index contributed by atoms with van der Waals surface area (Å²) in [6.45, 7) is 1.90. The fourth-order valence-corrected chi connectivity index (χ4v) is 1.02. The van der Waals surface area contributed by atoms with Crippen molar-refractivity contribution in [2.45, 2.75) is 25.8 Å². The zero-order chi connectivity index (χ0) is 10.3. The Kier molecular flexibility index (Phi) is 5.50. The van der Waals surface area contributed by atoms with Crippen LogP contribution in [-0.4, -0.2) is 36.7 Å². The SMILES string of the molecule is CCCC(C(=O)NC=O)N(C)C=O. The van der Waals surface area contributed by atoms with Crippen LogP contribution in [-0.2, 0) is 14.4 Å². The number of likely N-dealkylation sites (N-methyl/N-ethyl adjacent to an activating group) is 1. The number of nitrogens with zero attached hydrogens (tertiary/aromatic N) is 1. The Hall–Kier alpha value is -1.39. The summed E-state index contributed by atoms with van der Waals surface area (Å²) < 4.78 is 0. The molecule has 1 N–H and O–H groups in total. The third-order valence-corrected chi connectivity index (χ3v) is 1.72. The van der Waals surface area contributed by atoms with Gasteiger partial charge in [-0.15, -0.1) is 0 Å². The average Bonchev–Trinajstić information content (AvgIpc) is 2.13. The summed E-state index contributed by atoms with van der Waals surface area (Å²) >= 11 is 0. The van der Waals surface area contributed by atoms with Gasteiger partial charge in [0.15, 0.2) is 0 Å². The zero-order valence-electron chi connectivity index (χ0n) is 7.82. The van der Waals surface area contributed by atoms with E-state index in [-0.39, 0.29) is 0 Å². The van der Waals surface area contributed by atoms with E-state index in [9.17, 15) is 14.4 Å². The second-order valence-corrected chi connectivity index (χ2v) is 2.70. The molecule has 0 aromatic heterocycles. The first-order valence-corrected chi connectivity index (χ1v) is 4.08. The van der Waals surface area contributed by atoms with Crippen molar-refractivity contribution in [3.63, 3.8) is 0 Å². The van der Waals surface area contributed by atoms with Gasteiger partial charge >= 0.3 is 0 Å². The van der Waals surface area contributed by atoms with E-state index in [1.165, 1.54) is 11.9 Å². The van der Waals surface area contributed by atoms with Gasteiger partial charge in [-0.05, 0) is 6.42 Å². The van der Waals surface area contributed by atoms with E-state index < -0.39 is 11.9 Å². The van der Waals surface area contributed by atoms with Crippen molar-refractivity contribution in [3.8, 4) is 0 Å². The summed E-state index contributed by atoms with van der Waals surface area (Å²) in [5.41, 5.74) is 0. The average molecular weight is 186 g/mol. The van der Waals surface area contributed by atoms with E-state index in [0.717, 1.165) is 6.42 Å². The Labute approximate surface area is 77.1 Å². The lowest BCUT2D eigenvalue weighted by molar-refractivity contribution is -0.134. The van der Waals surface area contributed by atoms with Crippen molar-refractivity contribution in [2.75, 3.05) is 7.05 Å². The first kappa shape index (κ1) is 11.6. The number of carbonyl (C=O) groups excluding carboxylic acids is 3. The Morgan fingerprint density at radius 1 is 1.54 bits per heavy atom. The Bertz CT molecular complexity index is 194. The minimum Gasteiger partial charge on any atom is -0.336 e. The summed E-state index contributed by atoms with van der Waals surface area (Å²) in [6.07, 6.45) is 2.22. The van der Waals surface area contributed by atoms with E-state index in [1.807, 2.05) is 12.2 Å². The highest BCUT2D eigenvalue weighted by Crippen LogP contribution is 2.02. The fraction of sp³-hybridized carbons (Fsp3) is 0.625. The summed E-state index contributed by atoms with van der Waals surface area (Å²) in [5.74, 6) is -0.438. The van der Waals surface area contributed by atoms with E-state index in [1.54, 1.807) is 0 Å². The molecule has 5 heteroatoms. The molecule has 0 bridgehead atoms. The molecule has 0 radical (unpaired) electrons. The van der Waals surface area contributed by atoms with Gasteiger partial charge in [0.05, 0.1) is 0 Å². The van der Waals surface area contributed by atoms with Gasteiger partial charge < -0.3 is 4.90 Å². The number of nitrogens with one attached hydrogen (secondary N) is 1. The molecule has 0 saturated carbocycles. The van der Waals surface area contributed by atoms with E-state index in [4.69, 9.17) is 0 Å². The summed E-state index contributed by atoms with van der Waals surface area (Å²) in [6, 6.07) is -0.548. The van der Waals surface area contributed by atoms with Crippen LogP contribution < -0.4 is 5.32 Å². The highest BCUT2D eigenvalue weighted by atomic mass is 16.2. The zero-order valence-corrected chi connectivity index (χ0v) is 7.82. The quantitative estimate of drug-likeness (QED) is 0.569. The van der Waals surface area contributed by atoms with Crippen molar-refractivity contribution >= 4 is 18.7 Å². The lowest BCUT2D eigenvalue weighted by Gasteiger charge is -2.21. The van der Waals surface area contributed by atoms with Gasteiger partial charge in [-0.25, -0.2) is 0 Å². The molecule has 1 atom stereocenters. The number of hydrogen-bond donors (Lipinski definition) is 1. The maximum absolute atomic E-state index is 11.2. The molecule has 5 nitrogen and oxygen atoms in total. The van der Waals surface area contributed by atoms with Gasteiger partial charge in [0.25, 0.3) is 0 Å². The molecule has 3 amide bonds. The Balaban J connectivity index is 4.29. The smallest absolute Gasteiger partial charge is 0.249 e. The van der Waals surface area contributed by atoms with Crippen LogP contribution in [0, 0.1) is 0 Å². The van der Waals surface area contributed by atoms with Crippen molar-refractivity contribution in [3.05, 3.63) is 0 Å². The third-order valence-electron chi connectivity index (χ3n) is 1.72. The van der Waals surface area contributed by atoms with Crippen LogP contribution in [0.1, 0.15) is 19.8 Å². The number of amides is 3. The van der Waals surface area contributed by atoms with Gasteiger partial charge in [-0.3, -0.25) is 19.7 Å². The summed E-state index contributed by atoms with van der Waals surface area (Å²) in [5, 5.41) is 2.03. The van der Waals surface area contributed by atoms with Crippen LogP contribution in [0.5, 0.6) is 0 Å². The topological polar surface area (TPSA) is 66.5 Å². The molecule has 0 aliphatic rings. The second kappa shape index (κ2) is 6.16. The molecular weight excluding hydrogens is 172 g/mol. The molecule has 0 rings (SSSR count). The first-order valence-electron chi connectivity index (χ1n) is 4.08. The van der Waals surface area contributed by atoms with E-state index >= 15 is 0 Å². The number of hydrogen-bond acceptors (Lipinski definition) is 3. The minimum absolute atomic E-state index is 0.323. The number of imide groups is 1. The molecule has 0 aliphatic heterocycles. The molecular formula is C8H14N2O3. The van der Waals surface area contributed by atoms with Crippen molar-refractivity contribution < 1.29 is 14.4 Å². The summed E-state index contributed by atoms with van der Waals surface area (Å²) in [4.78, 5) is 32.8. The predicted molar refractivity (Wildman–Crippen MR) is 46.7 cm³/mol. The second-order valence-electron chi connectivity index (χ2n) is 2.70. The molecule has 0 heterocycles. The number of carbonyl (C=O) groups is 3. The third kappa shape index (κ3) is 3.68. The van der Waals surface area contributed by atoms with Gasteiger partial charge in [0.2, 0.25) is 18.7 Å². The first-order chi connectivity index (χ1) is 6.17. The predicted octanol–water partition coefficient (Wildman–Crippen LogP) is -0.484. The van der Waals surface area contributed by atoms with Crippen molar-refractivity contribution in [2.24, 2.45) is 0 Å². The molecule has 0 aromatic rings.